The van der Waals surface area contributed by atoms with Gasteiger partial charge in [0.1, 0.15) is 0 Å². The van der Waals surface area contributed by atoms with Crippen molar-refractivity contribution < 1.29 is 0 Å². The lowest BCUT2D eigenvalue weighted by Gasteiger charge is -2.02. The van der Waals surface area contributed by atoms with Crippen LogP contribution in [0.15, 0.2) is 36.9 Å². The lowest BCUT2D eigenvalue weighted by Crippen LogP contribution is -1.88. The fourth-order valence-corrected chi connectivity index (χ4v) is 1.35. The van der Waals surface area contributed by atoms with E-state index in [1.807, 2.05) is 16.8 Å². The number of hydrogen-bond acceptors (Lipinski definition) is 1. The van der Waals surface area contributed by atoms with Crippen molar-refractivity contribution in [3.8, 4) is 5.69 Å². The van der Waals surface area contributed by atoms with E-state index in [4.69, 9.17) is 23.2 Å². The van der Waals surface area contributed by atoms with Gasteiger partial charge in [-0.25, -0.2) is 4.98 Å². The molecular formula is C9H6Cl2N2. The number of nitrogens with zero attached hydrogens (tertiary/aromatic N) is 2. The summed E-state index contributed by atoms with van der Waals surface area (Å²) < 4.78 is 1.86. The molecule has 2 rings (SSSR count). The Morgan fingerprint density at radius 1 is 1.15 bits per heavy atom. The first-order chi connectivity index (χ1) is 6.27. The van der Waals surface area contributed by atoms with Gasteiger partial charge in [-0.15, -0.1) is 0 Å². The summed E-state index contributed by atoms with van der Waals surface area (Å²) in [4.78, 5) is 3.94. The molecule has 0 atom stereocenters. The molecule has 4 heteroatoms. The molecule has 13 heavy (non-hydrogen) atoms. The first kappa shape index (κ1) is 8.60. The number of rotatable bonds is 1. The van der Waals surface area contributed by atoms with Gasteiger partial charge in [-0.1, -0.05) is 23.2 Å². The molecule has 2 aromatic rings. The second kappa shape index (κ2) is 3.40. The van der Waals surface area contributed by atoms with Gasteiger partial charge in [0.15, 0.2) is 0 Å². The predicted molar refractivity (Wildman–Crippen MR) is 53.6 cm³/mol. The molecule has 0 aliphatic rings. The SMILES string of the molecule is Clc1ccc(-n2ccnc2)cc1Cl. The van der Waals surface area contributed by atoms with Crippen molar-refractivity contribution in [3.05, 3.63) is 47.0 Å². The predicted octanol–water partition coefficient (Wildman–Crippen LogP) is 3.18. The van der Waals surface area contributed by atoms with Crippen LogP contribution in [0.1, 0.15) is 0 Å². The van der Waals surface area contributed by atoms with Gasteiger partial charge in [0, 0.05) is 18.1 Å². The molecular weight excluding hydrogens is 207 g/mol. The molecule has 0 unspecified atom stereocenters. The van der Waals surface area contributed by atoms with Crippen LogP contribution >= 0.6 is 23.2 Å². The monoisotopic (exact) mass is 212 g/mol. The van der Waals surface area contributed by atoms with E-state index < -0.39 is 0 Å². The number of imidazole rings is 1. The Labute approximate surface area is 85.7 Å². The standard InChI is InChI=1S/C9H6Cl2N2/c10-8-2-1-7(5-9(8)11)13-4-3-12-6-13/h1-6H. The van der Waals surface area contributed by atoms with Gasteiger partial charge in [-0.05, 0) is 18.2 Å². The molecule has 0 aliphatic heterocycles. The van der Waals surface area contributed by atoms with Gasteiger partial charge >= 0.3 is 0 Å². The maximum Gasteiger partial charge on any atom is 0.0991 e. The van der Waals surface area contributed by atoms with E-state index in [2.05, 4.69) is 4.98 Å². The third kappa shape index (κ3) is 1.69. The van der Waals surface area contributed by atoms with Crippen molar-refractivity contribution in [2.45, 2.75) is 0 Å². The minimum Gasteiger partial charge on any atom is -0.306 e. The Kier molecular flexibility index (Phi) is 2.25. The van der Waals surface area contributed by atoms with Crippen molar-refractivity contribution in [3.63, 3.8) is 0 Å². The van der Waals surface area contributed by atoms with Gasteiger partial charge in [0.05, 0.1) is 16.4 Å². The van der Waals surface area contributed by atoms with Gasteiger partial charge in [0.2, 0.25) is 0 Å². The third-order valence-electron chi connectivity index (χ3n) is 1.71. The van der Waals surface area contributed by atoms with Crippen LogP contribution < -0.4 is 0 Å². The van der Waals surface area contributed by atoms with Gasteiger partial charge in [0.25, 0.3) is 0 Å². The first-order valence-corrected chi connectivity index (χ1v) is 4.46. The largest absolute Gasteiger partial charge is 0.306 e. The lowest BCUT2D eigenvalue weighted by molar-refractivity contribution is 1.06. The number of aromatic nitrogens is 2. The minimum absolute atomic E-state index is 0.549. The Morgan fingerprint density at radius 2 is 2.00 bits per heavy atom. The molecule has 0 spiro atoms. The highest BCUT2D eigenvalue weighted by molar-refractivity contribution is 6.42. The van der Waals surface area contributed by atoms with E-state index in [1.54, 1.807) is 24.7 Å². The van der Waals surface area contributed by atoms with Crippen molar-refractivity contribution in [1.29, 1.82) is 0 Å². The summed E-state index contributed by atoms with van der Waals surface area (Å²) in [7, 11) is 0. The third-order valence-corrected chi connectivity index (χ3v) is 2.44. The molecule has 1 heterocycles. The normalized spacial score (nSPS) is 10.3. The lowest BCUT2D eigenvalue weighted by atomic mass is 10.3. The summed E-state index contributed by atoms with van der Waals surface area (Å²) >= 11 is 11.7. The quantitative estimate of drug-likeness (QED) is 0.711. The van der Waals surface area contributed by atoms with E-state index in [1.165, 1.54) is 0 Å². The van der Waals surface area contributed by atoms with E-state index in [9.17, 15) is 0 Å². The minimum atomic E-state index is 0.549. The van der Waals surface area contributed by atoms with Crippen LogP contribution in [-0.2, 0) is 0 Å². The van der Waals surface area contributed by atoms with E-state index in [0.717, 1.165) is 5.69 Å². The molecule has 0 fully saturated rings. The maximum absolute atomic E-state index is 5.87. The molecule has 0 saturated heterocycles. The Balaban J connectivity index is 2.49. The zero-order valence-electron chi connectivity index (χ0n) is 6.61. The molecule has 1 aromatic heterocycles. The van der Waals surface area contributed by atoms with Gasteiger partial charge in [-0.3, -0.25) is 0 Å². The van der Waals surface area contributed by atoms with Crippen LogP contribution in [0.25, 0.3) is 5.69 Å². The van der Waals surface area contributed by atoms with Crippen LogP contribution in [0.2, 0.25) is 10.0 Å². The second-order valence-corrected chi connectivity index (χ2v) is 3.38. The molecule has 0 aliphatic carbocycles. The molecule has 1 aromatic carbocycles. The van der Waals surface area contributed by atoms with E-state index in [0.29, 0.717) is 10.0 Å². The smallest absolute Gasteiger partial charge is 0.0991 e. The van der Waals surface area contributed by atoms with Crippen LogP contribution in [-0.4, -0.2) is 9.55 Å². The van der Waals surface area contributed by atoms with Gasteiger partial charge < -0.3 is 4.57 Å². The van der Waals surface area contributed by atoms with Crippen LogP contribution in [0.5, 0.6) is 0 Å². The van der Waals surface area contributed by atoms with Crippen molar-refractivity contribution in [2.24, 2.45) is 0 Å². The molecule has 66 valence electrons. The Morgan fingerprint density at radius 3 is 2.62 bits per heavy atom. The Hall–Kier alpha value is -0.990. The maximum atomic E-state index is 5.87. The van der Waals surface area contributed by atoms with Crippen LogP contribution in [0.3, 0.4) is 0 Å². The highest BCUT2D eigenvalue weighted by Crippen LogP contribution is 2.24. The summed E-state index contributed by atoms with van der Waals surface area (Å²) in [6.45, 7) is 0. The number of hydrogen-bond donors (Lipinski definition) is 0. The average Bonchev–Trinajstić information content (AvgIpc) is 2.62. The average molecular weight is 213 g/mol. The summed E-state index contributed by atoms with van der Waals surface area (Å²) in [5, 5.41) is 1.11. The fraction of sp³-hybridized carbons (Fsp3) is 0. The van der Waals surface area contributed by atoms with Crippen molar-refractivity contribution in [2.75, 3.05) is 0 Å². The molecule has 0 radical (unpaired) electrons. The second-order valence-electron chi connectivity index (χ2n) is 2.57. The zero-order valence-corrected chi connectivity index (χ0v) is 8.13. The number of halogens is 2. The highest BCUT2D eigenvalue weighted by Gasteiger charge is 1.99. The number of benzene rings is 1. The Bertz CT molecular complexity index is 410. The summed E-state index contributed by atoms with van der Waals surface area (Å²) in [5.41, 5.74) is 0.951. The summed E-state index contributed by atoms with van der Waals surface area (Å²) in [5.74, 6) is 0. The summed E-state index contributed by atoms with van der Waals surface area (Å²) in [6.07, 6.45) is 5.27. The van der Waals surface area contributed by atoms with Gasteiger partial charge in [-0.2, -0.15) is 0 Å². The van der Waals surface area contributed by atoms with E-state index in [-0.39, 0.29) is 0 Å². The molecule has 0 saturated carbocycles. The molecule has 2 nitrogen and oxygen atoms in total. The van der Waals surface area contributed by atoms with Crippen LogP contribution in [0, 0.1) is 0 Å². The van der Waals surface area contributed by atoms with Crippen LogP contribution in [0.4, 0.5) is 0 Å². The highest BCUT2D eigenvalue weighted by atomic mass is 35.5. The van der Waals surface area contributed by atoms with Crippen molar-refractivity contribution >= 4 is 23.2 Å². The zero-order chi connectivity index (χ0) is 9.26. The molecule has 0 bridgehead atoms. The first-order valence-electron chi connectivity index (χ1n) is 3.71. The topological polar surface area (TPSA) is 17.8 Å². The summed E-state index contributed by atoms with van der Waals surface area (Å²) in [6, 6.07) is 5.45. The molecule has 0 N–H and O–H groups in total. The van der Waals surface area contributed by atoms with E-state index >= 15 is 0 Å². The fourth-order valence-electron chi connectivity index (χ4n) is 1.06. The molecule has 0 amide bonds. The van der Waals surface area contributed by atoms with Crippen molar-refractivity contribution in [1.82, 2.24) is 9.55 Å².